The van der Waals surface area contributed by atoms with Crippen molar-refractivity contribution in [1.29, 1.82) is 0 Å². The van der Waals surface area contributed by atoms with E-state index in [4.69, 9.17) is 0 Å². The van der Waals surface area contributed by atoms with Gasteiger partial charge in [-0.2, -0.15) is 0 Å². The molecule has 1 aromatic heterocycles. The van der Waals surface area contributed by atoms with Crippen LogP contribution in [0.5, 0.6) is 0 Å². The van der Waals surface area contributed by atoms with E-state index in [1.165, 1.54) is 59.2 Å². The third-order valence-electron chi connectivity index (χ3n) is 11.0. The molecule has 0 N–H and O–H groups in total. The lowest BCUT2D eigenvalue weighted by molar-refractivity contribution is 1.06. The van der Waals surface area contributed by atoms with Crippen molar-refractivity contribution in [2.45, 2.75) is 0 Å². The van der Waals surface area contributed by atoms with E-state index >= 15 is 0 Å². The normalized spacial score (nSPS) is 12.0. The summed E-state index contributed by atoms with van der Waals surface area (Å²) in [6, 6.07) is 62.5. The third kappa shape index (κ3) is 4.02. The van der Waals surface area contributed by atoms with Crippen molar-refractivity contribution in [3.63, 3.8) is 0 Å². The van der Waals surface area contributed by atoms with Crippen molar-refractivity contribution in [3.8, 4) is 16.8 Å². The van der Waals surface area contributed by atoms with E-state index in [0.29, 0.717) is 5.39 Å². The van der Waals surface area contributed by atoms with Crippen LogP contribution >= 0.6 is 0 Å². The highest BCUT2D eigenvalue weighted by molar-refractivity contribution is 6.27. The smallest absolute Gasteiger partial charge is 0.263 e. The Bertz CT molecular complexity index is 3260. The number of fused-ring (bicyclic) bond motifs is 15. The quantitative estimate of drug-likeness (QED) is 0.171. The average Bonchev–Trinajstić information content (AvgIpc) is 3.21. The third-order valence-corrected chi connectivity index (χ3v) is 11.0. The van der Waals surface area contributed by atoms with Gasteiger partial charge >= 0.3 is 0 Å². The lowest BCUT2D eigenvalue weighted by atomic mass is 9.91. The molecular weight excluding hydrogens is 619 g/mol. The Labute approximate surface area is 293 Å². The molecule has 236 valence electrons. The van der Waals surface area contributed by atoms with E-state index in [1.807, 2.05) is 22.8 Å². The number of aromatic nitrogens is 1. The maximum absolute atomic E-state index is 14.5. The number of benzene rings is 10. The van der Waals surface area contributed by atoms with Gasteiger partial charge in [-0.3, -0.25) is 9.36 Å². The molecular formula is C49H29NO. The lowest BCUT2D eigenvalue weighted by Crippen LogP contribution is -2.19. The minimum atomic E-state index is -0.0145. The minimum absolute atomic E-state index is 0.0145. The molecule has 0 spiro atoms. The Morgan fingerprint density at radius 3 is 1.10 bits per heavy atom. The van der Waals surface area contributed by atoms with Gasteiger partial charge in [0, 0.05) is 16.5 Å². The van der Waals surface area contributed by atoms with Gasteiger partial charge in [0.1, 0.15) is 0 Å². The molecule has 0 radical (unpaired) electrons. The summed E-state index contributed by atoms with van der Waals surface area (Å²) in [7, 11) is 0. The van der Waals surface area contributed by atoms with Crippen LogP contribution in [0.2, 0.25) is 0 Å². The summed E-state index contributed by atoms with van der Waals surface area (Å²) in [5, 5.41) is 17.5. The summed E-state index contributed by atoms with van der Waals surface area (Å²) in [6.07, 6.45) is 0. The van der Waals surface area contributed by atoms with E-state index in [9.17, 15) is 4.79 Å². The number of pyridine rings is 1. The van der Waals surface area contributed by atoms with Crippen LogP contribution in [0, 0.1) is 0 Å². The van der Waals surface area contributed by atoms with Gasteiger partial charge in [-0.15, -0.1) is 0 Å². The number of hydrogen-bond donors (Lipinski definition) is 0. The molecule has 51 heavy (non-hydrogen) atoms. The molecule has 0 aliphatic heterocycles. The molecule has 11 aromatic rings. The van der Waals surface area contributed by atoms with Crippen LogP contribution in [0.1, 0.15) is 0 Å². The summed E-state index contributed by atoms with van der Waals surface area (Å²) in [5.41, 5.74) is 4.01. The molecule has 0 atom stereocenters. The minimum Gasteiger partial charge on any atom is -0.276 e. The first-order chi connectivity index (χ1) is 25.2. The van der Waals surface area contributed by atoms with E-state index in [1.54, 1.807) is 0 Å². The van der Waals surface area contributed by atoms with E-state index in [2.05, 4.69) is 158 Å². The summed E-state index contributed by atoms with van der Waals surface area (Å²) in [5.74, 6) is 0. The number of nitrogens with zero attached hydrogens (tertiary/aromatic N) is 1. The first kappa shape index (κ1) is 28.1. The zero-order valence-corrected chi connectivity index (χ0v) is 27.6. The molecule has 0 saturated heterocycles. The molecule has 10 aromatic carbocycles. The predicted molar refractivity (Wildman–Crippen MR) is 218 cm³/mol. The first-order valence-corrected chi connectivity index (χ1v) is 17.5. The van der Waals surface area contributed by atoms with Crippen LogP contribution in [0.15, 0.2) is 181 Å². The fourth-order valence-electron chi connectivity index (χ4n) is 8.64. The summed E-state index contributed by atoms with van der Waals surface area (Å²) in [4.78, 5) is 14.5. The molecule has 0 amide bonds. The SMILES string of the molecule is O=c1c2ccccc2c2cc(-c3ccc4c5ccccc5c5ccccc5c4c3)ccc2n1-c1ccc2c3ccccc3c3ccccc3c2c1. The van der Waals surface area contributed by atoms with Crippen molar-refractivity contribution in [2.24, 2.45) is 0 Å². The first-order valence-electron chi connectivity index (χ1n) is 17.5. The molecule has 0 aliphatic rings. The van der Waals surface area contributed by atoms with E-state index < -0.39 is 0 Å². The van der Waals surface area contributed by atoms with E-state index in [-0.39, 0.29) is 5.56 Å². The van der Waals surface area contributed by atoms with Crippen molar-refractivity contribution in [3.05, 3.63) is 186 Å². The van der Waals surface area contributed by atoms with Crippen LogP contribution in [0.25, 0.3) is 103 Å². The van der Waals surface area contributed by atoms with Gasteiger partial charge in [-0.1, -0.05) is 140 Å². The van der Waals surface area contributed by atoms with Gasteiger partial charge in [0.05, 0.1) is 5.52 Å². The zero-order chi connectivity index (χ0) is 33.6. The molecule has 0 aliphatic carbocycles. The van der Waals surface area contributed by atoms with Gasteiger partial charge in [0.25, 0.3) is 5.56 Å². The molecule has 2 heteroatoms. The highest BCUT2D eigenvalue weighted by atomic mass is 16.1. The highest BCUT2D eigenvalue weighted by Crippen LogP contribution is 2.39. The fourth-order valence-corrected chi connectivity index (χ4v) is 8.64. The fraction of sp³-hybridized carbons (Fsp3) is 0. The second-order valence-electron chi connectivity index (χ2n) is 13.6. The second kappa shape index (κ2) is 10.6. The maximum atomic E-state index is 14.5. The second-order valence-corrected chi connectivity index (χ2v) is 13.6. The Morgan fingerprint density at radius 1 is 0.275 bits per heavy atom. The van der Waals surface area contributed by atoms with Crippen molar-refractivity contribution in [1.82, 2.24) is 4.57 Å². The Hall–Kier alpha value is -6.77. The van der Waals surface area contributed by atoms with Crippen molar-refractivity contribution < 1.29 is 0 Å². The molecule has 0 saturated carbocycles. The van der Waals surface area contributed by atoms with Gasteiger partial charge in [-0.25, -0.2) is 0 Å². The molecule has 0 unspecified atom stereocenters. The number of rotatable bonds is 2. The Balaban J connectivity index is 1.17. The van der Waals surface area contributed by atoms with Crippen LogP contribution in [0.3, 0.4) is 0 Å². The molecule has 11 rings (SSSR count). The average molecular weight is 648 g/mol. The van der Waals surface area contributed by atoms with Crippen LogP contribution in [0.4, 0.5) is 0 Å². The maximum Gasteiger partial charge on any atom is 0.263 e. The Kier molecular flexibility index (Phi) is 5.85. The molecule has 0 fully saturated rings. The van der Waals surface area contributed by atoms with Gasteiger partial charge in [0.15, 0.2) is 0 Å². The monoisotopic (exact) mass is 647 g/mol. The van der Waals surface area contributed by atoms with Crippen LogP contribution < -0.4 is 5.56 Å². The highest BCUT2D eigenvalue weighted by Gasteiger charge is 2.16. The summed E-state index contributed by atoms with van der Waals surface area (Å²) in [6.45, 7) is 0. The molecule has 1 heterocycles. The predicted octanol–water partition coefficient (Wildman–Crippen LogP) is 12.7. The largest absolute Gasteiger partial charge is 0.276 e. The molecule has 2 nitrogen and oxygen atoms in total. The van der Waals surface area contributed by atoms with Gasteiger partial charge in [-0.05, 0) is 118 Å². The lowest BCUT2D eigenvalue weighted by Gasteiger charge is -2.17. The van der Waals surface area contributed by atoms with Crippen LogP contribution in [-0.4, -0.2) is 4.57 Å². The van der Waals surface area contributed by atoms with Crippen molar-refractivity contribution >= 4 is 86.3 Å². The van der Waals surface area contributed by atoms with Crippen molar-refractivity contribution in [2.75, 3.05) is 0 Å². The topological polar surface area (TPSA) is 22.0 Å². The Morgan fingerprint density at radius 2 is 0.608 bits per heavy atom. The van der Waals surface area contributed by atoms with E-state index in [0.717, 1.165) is 38.5 Å². The van der Waals surface area contributed by atoms with Gasteiger partial charge in [0.2, 0.25) is 0 Å². The van der Waals surface area contributed by atoms with Gasteiger partial charge < -0.3 is 0 Å². The molecule has 0 bridgehead atoms. The summed E-state index contributed by atoms with van der Waals surface area (Å²) >= 11 is 0. The van der Waals surface area contributed by atoms with Crippen LogP contribution in [-0.2, 0) is 0 Å². The summed E-state index contributed by atoms with van der Waals surface area (Å²) < 4.78 is 1.91. The number of hydrogen-bond acceptors (Lipinski definition) is 1. The zero-order valence-electron chi connectivity index (χ0n) is 27.6. The standard InChI is InChI=1S/C49H29NO/c51-49-44-20-10-9-19-41(44)47-28-31(30-21-24-42-37-15-3-1-11-33(37)35-13-5-7-17-39(35)45(42)27-30)22-26-48(47)50(49)32-23-25-43-38-16-4-2-12-34(38)36-14-6-8-18-40(36)46(43)29-32/h1-29H.